The summed E-state index contributed by atoms with van der Waals surface area (Å²) in [5, 5.41) is 8.81. The lowest BCUT2D eigenvalue weighted by molar-refractivity contribution is -0.145. The number of aliphatic carboxylic acids is 1. The predicted octanol–water partition coefficient (Wildman–Crippen LogP) is 0.574. The van der Waals surface area contributed by atoms with E-state index in [1.165, 1.54) is 4.90 Å². The van der Waals surface area contributed by atoms with Gasteiger partial charge in [-0.15, -0.1) is 0 Å². The number of carboxylic acid groups (broad SMARTS) is 1. The van der Waals surface area contributed by atoms with Gasteiger partial charge in [-0.05, 0) is 12.3 Å². The van der Waals surface area contributed by atoms with Gasteiger partial charge in [0.2, 0.25) is 5.91 Å². The van der Waals surface area contributed by atoms with Gasteiger partial charge in [0.25, 0.3) is 0 Å². The Morgan fingerprint density at radius 3 is 2.38 bits per heavy atom. The number of likely N-dealkylation sites (tertiary alicyclic amines) is 1. The average molecular weight is 185 g/mol. The van der Waals surface area contributed by atoms with Crippen molar-refractivity contribution in [2.24, 2.45) is 11.8 Å². The molecule has 2 unspecified atom stereocenters. The lowest BCUT2D eigenvalue weighted by Gasteiger charge is -2.15. The van der Waals surface area contributed by atoms with Crippen LogP contribution in [0.1, 0.15) is 20.3 Å². The molecule has 0 radical (unpaired) electrons. The van der Waals surface area contributed by atoms with E-state index in [-0.39, 0.29) is 17.7 Å². The third kappa shape index (κ3) is 1.66. The van der Waals surface area contributed by atoms with E-state index in [0.29, 0.717) is 6.42 Å². The second-order valence-corrected chi connectivity index (χ2v) is 3.89. The molecule has 74 valence electrons. The van der Waals surface area contributed by atoms with Crippen molar-refractivity contribution in [3.63, 3.8) is 0 Å². The Kier molecular flexibility index (Phi) is 2.59. The fourth-order valence-electron chi connectivity index (χ4n) is 1.74. The van der Waals surface area contributed by atoms with Crippen LogP contribution >= 0.6 is 0 Å². The Hall–Kier alpha value is -1.06. The maximum atomic E-state index is 11.5. The first-order valence-electron chi connectivity index (χ1n) is 4.44. The van der Waals surface area contributed by atoms with Gasteiger partial charge in [-0.3, -0.25) is 4.79 Å². The van der Waals surface area contributed by atoms with Crippen LogP contribution in [-0.4, -0.2) is 35.0 Å². The van der Waals surface area contributed by atoms with E-state index >= 15 is 0 Å². The van der Waals surface area contributed by atoms with Gasteiger partial charge in [0, 0.05) is 13.0 Å². The highest BCUT2D eigenvalue weighted by molar-refractivity contribution is 5.88. The van der Waals surface area contributed by atoms with E-state index in [2.05, 4.69) is 0 Å². The monoisotopic (exact) mass is 185 g/mol. The summed E-state index contributed by atoms with van der Waals surface area (Å²) in [6, 6.07) is -0.625. The molecule has 2 atom stereocenters. The third-order valence-electron chi connectivity index (χ3n) is 2.70. The second kappa shape index (κ2) is 3.36. The first-order valence-corrected chi connectivity index (χ1v) is 4.44. The number of hydrogen-bond donors (Lipinski definition) is 1. The number of carboxylic acids is 1. The maximum absolute atomic E-state index is 11.5. The molecule has 1 aliphatic heterocycles. The van der Waals surface area contributed by atoms with Crippen LogP contribution in [0.15, 0.2) is 0 Å². The summed E-state index contributed by atoms with van der Waals surface area (Å²) < 4.78 is 0. The number of likely N-dealkylation sites (N-methyl/N-ethyl adjacent to an activating group) is 1. The number of nitrogens with zero attached hydrogens (tertiary/aromatic N) is 1. The van der Waals surface area contributed by atoms with Gasteiger partial charge in [0.1, 0.15) is 6.04 Å². The Morgan fingerprint density at radius 1 is 1.62 bits per heavy atom. The number of amides is 1. The van der Waals surface area contributed by atoms with Gasteiger partial charge in [0.05, 0.1) is 0 Å². The topological polar surface area (TPSA) is 57.6 Å². The van der Waals surface area contributed by atoms with E-state index in [0.717, 1.165) is 0 Å². The summed E-state index contributed by atoms with van der Waals surface area (Å²) in [6.45, 7) is 3.89. The quantitative estimate of drug-likeness (QED) is 0.684. The van der Waals surface area contributed by atoms with Crippen LogP contribution < -0.4 is 0 Å². The summed E-state index contributed by atoms with van der Waals surface area (Å²) in [5.74, 6) is -0.841. The van der Waals surface area contributed by atoms with Crippen LogP contribution in [0, 0.1) is 11.8 Å². The van der Waals surface area contributed by atoms with Crippen molar-refractivity contribution in [2.45, 2.75) is 26.3 Å². The standard InChI is InChI=1S/C9H15NO3/c1-5(2)6-4-7(9(12)13)10(3)8(6)11/h5-7H,4H2,1-3H3,(H,12,13). The molecular weight excluding hydrogens is 170 g/mol. The SMILES string of the molecule is CC(C)C1CC(C(=O)O)N(C)C1=O. The molecule has 1 N–H and O–H groups in total. The molecule has 1 rings (SSSR count). The van der Waals surface area contributed by atoms with Gasteiger partial charge >= 0.3 is 5.97 Å². The fourth-order valence-corrected chi connectivity index (χ4v) is 1.74. The van der Waals surface area contributed by atoms with Crippen molar-refractivity contribution in [2.75, 3.05) is 7.05 Å². The van der Waals surface area contributed by atoms with Crippen LogP contribution in [0.3, 0.4) is 0 Å². The molecule has 4 heteroatoms. The molecule has 0 aromatic heterocycles. The minimum Gasteiger partial charge on any atom is -0.480 e. The normalized spacial score (nSPS) is 28.6. The van der Waals surface area contributed by atoms with Crippen LogP contribution in [-0.2, 0) is 9.59 Å². The van der Waals surface area contributed by atoms with Crippen LogP contribution in [0.25, 0.3) is 0 Å². The predicted molar refractivity (Wildman–Crippen MR) is 47.1 cm³/mol. The van der Waals surface area contributed by atoms with E-state index in [1.54, 1.807) is 7.05 Å². The van der Waals surface area contributed by atoms with E-state index in [9.17, 15) is 9.59 Å². The van der Waals surface area contributed by atoms with Gasteiger partial charge in [-0.1, -0.05) is 13.8 Å². The lowest BCUT2D eigenvalue weighted by Crippen LogP contribution is -2.35. The Bertz CT molecular complexity index is 237. The van der Waals surface area contributed by atoms with Crippen molar-refractivity contribution in [1.82, 2.24) is 4.90 Å². The molecule has 1 amide bonds. The highest BCUT2D eigenvalue weighted by Crippen LogP contribution is 2.28. The third-order valence-corrected chi connectivity index (χ3v) is 2.70. The molecule has 1 fully saturated rings. The summed E-state index contributed by atoms with van der Waals surface area (Å²) in [5.41, 5.74) is 0. The van der Waals surface area contributed by atoms with E-state index < -0.39 is 12.0 Å². The van der Waals surface area contributed by atoms with E-state index in [4.69, 9.17) is 5.11 Å². The zero-order valence-electron chi connectivity index (χ0n) is 8.15. The molecule has 0 aromatic carbocycles. The molecule has 0 saturated carbocycles. The minimum atomic E-state index is -0.904. The van der Waals surface area contributed by atoms with Gasteiger partial charge in [0.15, 0.2) is 0 Å². The largest absolute Gasteiger partial charge is 0.480 e. The van der Waals surface area contributed by atoms with Crippen molar-refractivity contribution in [3.8, 4) is 0 Å². The second-order valence-electron chi connectivity index (χ2n) is 3.89. The molecule has 13 heavy (non-hydrogen) atoms. The molecule has 4 nitrogen and oxygen atoms in total. The maximum Gasteiger partial charge on any atom is 0.326 e. The Morgan fingerprint density at radius 2 is 2.15 bits per heavy atom. The first kappa shape index (κ1) is 10.0. The van der Waals surface area contributed by atoms with Crippen LogP contribution in [0.4, 0.5) is 0 Å². The van der Waals surface area contributed by atoms with Gasteiger partial charge in [-0.2, -0.15) is 0 Å². The Balaban J connectivity index is 2.78. The molecule has 0 bridgehead atoms. The van der Waals surface area contributed by atoms with Crippen molar-refractivity contribution >= 4 is 11.9 Å². The first-order chi connectivity index (χ1) is 5.95. The van der Waals surface area contributed by atoms with Gasteiger partial charge in [-0.25, -0.2) is 4.79 Å². The smallest absolute Gasteiger partial charge is 0.326 e. The summed E-state index contributed by atoms with van der Waals surface area (Å²) in [7, 11) is 1.56. The van der Waals surface area contributed by atoms with Gasteiger partial charge < -0.3 is 10.0 Å². The average Bonchev–Trinajstić information content (AvgIpc) is 2.29. The molecule has 0 spiro atoms. The van der Waals surface area contributed by atoms with Crippen molar-refractivity contribution in [3.05, 3.63) is 0 Å². The highest BCUT2D eigenvalue weighted by atomic mass is 16.4. The van der Waals surface area contributed by atoms with Crippen molar-refractivity contribution in [1.29, 1.82) is 0 Å². The molecule has 1 aliphatic rings. The summed E-state index contributed by atoms with van der Waals surface area (Å²) in [4.78, 5) is 23.6. The number of hydrogen-bond acceptors (Lipinski definition) is 2. The number of rotatable bonds is 2. The molecule has 0 aromatic rings. The summed E-state index contributed by atoms with van der Waals surface area (Å²) in [6.07, 6.45) is 0.447. The highest BCUT2D eigenvalue weighted by Gasteiger charge is 2.42. The lowest BCUT2D eigenvalue weighted by atomic mass is 9.93. The molecule has 1 saturated heterocycles. The summed E-state index contributed by atoms with van der Waals surface area (Å²) >= 11 is 0. The number of carbonyl (C=O) groups excluding carboxylic acids is 1. The van der Waals surface area contributed by atoms with Crippen molar-refractivity contribution < 1.29 is 14.7 Å². The molecule has 1 heterocycles. The molecular formula is C9H15NO3. The van der Waals surface area contributed by atoms with E-state index in [1.807, 2.05) is 13.8 Å². The number of carbonyl (C=O) groups is 2. The van der Waals surface area contributed by atoms with Crippen LogP contribution in [0.2, 0.25) is 0 Å². The zero-order chi connectivity index (χ0) is 10.2. The van der Waals surface area contributed by atoms with Crippen LogP contribution in [0.5, 0.6) is 0 Å². The molecule has 0 aliphatic carbocycles. The minimum absolute atomic E-state index is 0.0394. The zero-order valence-corrected chi connectivity index (χ0v) is 8.15. The Labute approximate surface area is 77.5 Å². The fraction of sp³-hybridized carbons (Fsp3) is 0.778.